The van der Waals surface area contributed by atoms with Crippen molar-refractivity contribution in [3.63, 3.8) is 0 Å². The van der Waals surface area contributed by atoms with Crippen LogP contribution in [0.1, 0.15) is 51.0 Å². The highest BCUT2D eigenvalue weighted by Crippen LogP contribution is 2.19. The van der Waals surface area contributed by atoms with Crippen LogP contribution in [0.5, 0.6) is 0 Å². The number of nitrogens with one attached hydrogen (secondary N) is 2. The lowest BCUT2D eigenvalue weighted by molar-refractivity contribution is -0.115. The number of rotatable bonds is 3. The van der Waals surface area contributed by atoms with Gasteiger partial charge in [-0.3, -0.25) is 15.2 Å². The third-order valence-electron chi connectivity index (χ3n) is 3.75. The molecule has 2 N–H and O–H groups in total. The third-order valence-corrected chi connectivity index (χ3v) is 3.75. The molecule has 3 heterocycles. The monoisotopic (exact) mass is 302 g/mol. The molecule has 0 bridgehead atoms. The fraction of sp³-hybridized carbons (Fsp3) is 0.600. The van der Waals surface area contributed by atoms with Crippen molar-refractivity contribution in [1.82, 2.24) is 24.7 Å². The van der Waals surface area contributed by atoms with Gasteiger partial charge in [0, 0.05) is 24.6 Å². The van der Waals surface area contributed by atoms with Gasteiger partial charge in [-0.25, -0.2) is 4.98 Å². The third kappa shape index (κ3) is 3.18. The van der Waals surface area contributed by atoms with Crippen molar-refractivity contribution in [2.24, 2.45) is 0 Å². The Kier molecular flexibility index (Phi) is 3.72. The number of aryl methyl sites for hydroxylation is 2. The van der Waals surface area contributed by atoms with Crippen LogP contribution in [0.2, 0.25) is 0 Å². The number of H-pyrrole nitrogens is 1. The molecule has 0 saturated heterocycles. The van der Waals surface area contributed by atoms with E-state index in [-0.39, 0.29) is 17.7 Å². The van der Waals surface area contributed by atoms with Crippen LogP contribution in [0, 0.1) is 0 Å². The first-order valence-corrected chi connectivity index (χ1v) is 7.69. The molecule has 2 aromatic rings. The summed E-state index contributed by atoms with van der Waals surface area (Å²) in [6, 6.07) is 0. The number of hydrogen-bond donors (Lipinski definition) is 2. The van der Waals surface area contributed by atoms with Crippen LogP contribution in [-0.4, -0.2) is 30.6 Å². The van der Waals surface area contributed by atoms with Crippen molar-refractivity contribution in [2.75, 3.05) is 5.32 Å². The van der Waals surface area contributed by atoms with Gasteiger partial charge in [0.1, 0.15) is 11.6 Å². The van der Waals surface area contributed by atoms with Gasteiger partial charge in [-0.05, 0) is 12.8 Å². The molecule has 0 atom stereocenters. The van der Waals surface area contributed by atoms with E-state index in [1.807, 2.05) is 27.0 Å². The van der Waals surface area contributed by atoms with Gasteiger partial charge in [0.15, 0.2) is 0 Å². The van der Waals surface area contributed by atoms with Crippen molar-refractivity contribution in [3.8, 4) is 0 Å². The summed E-state index contributed by atoms with van der Waals surface area (Å²) < 4.78 is 2.15. The smallest absolute Gasteiger partial charge is 0.248 e. The number of fused-ring (bicyclic) bond motifs is 1. The molecule has 0 fully saturated rings. The number of aromatic nitrogens is 5. The average molecular weight is 302 g/mol. The highest BCUT2D eigenvalue weighted by atomic mass is 16.1. The van der Waals surface area contributed by atoms with E-state index in [0.717, 1.165) is 30.3 Å². The van der Waals surface area contributed by atoms with E-state index >= 15 is 0 Å². The van der Waals surface area contributed by atoms with Crippen molar-refractivity contribution in [3.05, 3.63) is 23.5 Å². The Balaban J connectivity index is 1.63. The van der Waals surface area contributed by atoms with Crippen molar-refractivity contribution in [1.29, 1.82) is 0 Å². The second kappa shape index (κ2) is 5.55. The number of hydrogen-bond acceptors (Lipinski definition) is 4. The van der Waals surface area contributed by atoms with Crippen LogP contribution < -0.4 is 5.32 Å². The minimum absolute atomic E-state index is 0.126. The number of imidazole rings is 1. The number of nitrogens with zero attached hydrogens (tertiary/aromatic N) is 4. The first-order chi connectivity index (χ1) is 10.4. The van der Waals surface area contributed by atoms with Gasteiger partial charge in [0.2, 0.25) is 11.9 Å². The van der Waals surface area contributed by atoms with E-state index < -0.39 is 0 Å². The molecule has 1 aliphatic rings. The average Bonchev–Trinajstić information content (AvgIpc) is 3.03. The standard InChI is InChI=1S/C15H22N6O/c1-15(2,3)13-18-14(20-19-13)17-12(22)8-10-9-21-7-5-4-6-11(21)16-10/h9H,4-8H2,1-3H3,(H2,17,18,19,20,22). The van der Waals surface area contributed by atoms with Crippen LogP contribution in [0.3, 0.4) is 0 Å². The van der Waals surface area contributed by atoms with Gasteiger partial charge in [0.05, 0.1) is 12.1 Å². The van der Waals surface area contributed by atoms with Gasteiger partial charge in [-0.15, -0.1) is 5.10 Å². The Labute approximate surface area is 129 Å². The lowest BCUT2D eigenvalue weighted by Gasteiger charge is -2.12. The zero-order valence-electron chi connectivity index (χ0n) is 13.3. The molecule has 22 heavy (non-hydrogen) atoms. The molecule has 0 aromatic carbocycles. The van der Waals surface area contributed by atoms with Gasteiger partial charge < -0.3 is 4.57 Å². The molecule has 118 valence electrons. The first-order valence-electron chi connectivity index (χ1n) is 7.69. The zero-order chi connectivity index (χ0) is 15.7. The molecule has 1 amide bonds. The highest BCUT2D eigenvalue weighted by Gasteiger charge is 2.20. The SMILES string of the molecule is CC(C)(C)c1nc(NC(=O)Cc2cn3c(n2)CCCC3)n[nH]1. The predicted molar refractivity (Wildman–Crippen MR) is 82.6 cm³/mol. The largest absolute Gasteiger partial charge is 0.335 e. The second-order valence-corrected chi connectivity index (χ2v) is 6.78. The number of carbonyl (C=O) groups is 1. The Morgan fingerprint density at radius 1 is 1.36 bits per heavy atom. The fourth-order valence-corrected chi connectivity index (χ4v) is 2.54. The molecule has 2 aromatic heterocycles. The molecule has 0 radical (unpaired) electrons. The van der Waals surface area contributed by atoms with E-state index in [0.29, 0.717) is 5.95 Å². The molecule has 1 aliphatic heterocycles. The summed E-state index contributed by atoms with van der Waals surface area (Å²) >= 11 is 0. The van der Waals surface area contributed by atoms with Gasteiger partial charge >= 0.3 is 0 Å². The topological polar surface area (TPSA) is 88.5 Å². The lowest BCUT2D eigenvalue weighted by Crippen LogP contribution is -2.16. The van der Waals surface area contributed by atoms with E-state index in [1.165, 1.54) is 12.8 Å². The zero-order valence-corrected chi connectivity index (χ0v) is 13.3. The molecular weight excluding hydrogens is 280 g/mol. The maximum absolute atomic E-state index is 12.1. The van der Waals surface area contributed by atoms with E-state index in [2.05, 4.69) is 30.0 Å². The Bertz CT molecular complexity index is 655. The van der Waals surface area contributed by atoms with Crippen LogP contribution in [0.4, 0.5) is 5.95 Å². The molecule has 7 heteroatoms. The molecule has 0 unspecified atom stereocenters. The summed E-state index contributed by atoms with van der Waals surface area (Å²) in [5.41, 5.74) is 0.680. The van der Waals surface area contributed by atoms with E-state index in [4.69, 9.17) is 0 Å². The quantitative estimate of drug-likeness (QED) is 0.905. The molecule has 3 rings (SSSR count). The van der Waals surface area contributed by atoms with Crippen LogP contribution in [-0.2, 0) is 29.6 Å². The van der Waals surface area contributed by atoms with Crippen LogP contribution >= 0.6 is 0 Å². The van der Waals surface area contributed by atoms with Gasteiger partial charge in [0.25, 0.3) is 0 Å². The van der Waals surface area contributed by atoms with E-state index in [9.17, 15) is 4.79 Å². The molecule has 0 spiro atoms. The second-order valence-electron chi connectivity index (χ2n) is 6.78. The number of anilines is 1. The van der Waals surface area contributed by atoms with Crippen LogP contribution in [0.15, 0.2) is 6.20 Å². The number of carbonyl (C=O) groups excluding carboxylic acids is 1. The maximum Gasteiger partial charge on any atom is 0.248 e. The molecule has 0 aliphatic carbocycles. The number of aromatic amines is 1. The normalized spacial score (nSPS) is 14.7. The van der Waals surface area contributed by atoms with Crippen molar-refractivity contribution >= 4 is 11.9 Å². The molecular formula is C15H22N6O. The van der Waals surface area contributed by atoms with Gasteiger partial charge in [-0.1, -0.05) is 20.8 Å². The van der Waals surface area contributed by atoms with Crippen molar-refractivity contribution in [2.45, 2.75) is 58.4 Å². The first kappa shape index (κ1) is 14.7. The summed E-state index contributed by atoms with van der Waals surface area (Å²) in [5.74, 6) is 2.01. The Morgan fingerprint density at radius 3 is 2.86 bits per heavy atom. The minimum atomic E-state index is -0.144. The number of amides is 1. The maximum atomic E-state index is 12.1. The Morgan fingerprint density at radius 2 is 2.18 bits per heavy atom. The lowest BCUT2D eigenvalue weighted by atomic mass is 9.96. The summed E-state index contributed by atoms with van der Waals surface area (Å²) in [6.07, 6.45) is 5.58. The highest BCUT2D eigenvalue weighted by molar-refractivity contribution is 5.90. The fourth-order valence-electron chi connectivity index (χ4n) is 2.54. The summed E-state index contributed by atoms with van der Waals surface area (Å²) in [6.45, 7) is 7.11. The molecule has 7 nitrogen and oxygen atoms in total. The predicted octanol–water partition coefficient (Wildman–Crippen LogP) is 1.82. The summed E-state index contributed by atoms with van der Waals surface area (Å²) in [4.78, 5) is 20.9. The van der Waals surface area contributed by atoms with Gasteiger partial charge in [-0.2, -0.15) is 4.98 Å². The summed E-state index contributed by atoms with van der Waals surface area (Å²) in [7, 11) is 0. The molecule has 0 saturated carbocycles. The Hall–Kier alpha value is -2.18. The van der Waals surface area contributed by atoms with Crippen LogP contribution in [0.25, 0.3) is 0 Å². The van der Waals surface area contributed by atoms with Crippen molar-refractivity contribution < 1.29 is 4.79 Å². The summed E-state index contributed by atoms with van der Waals surface area (Å²) in [5, 5.41) is 9.62. The van der Waals surface area contributed by atoms with E-state index in [1.54, 1.807) is 0 Å². The minimum Gasteiger partial charge on any atom is -0.335 e.